The number of rotatable bonds is 6. The monoisotopic (exact) mass is 192 g/mol. The molecule has 0 fully saturated rings. The zero-order valence-corrected chi connectivity index (χ0v) is 8.49. The van der Waals surface area contributed by atoms with Gasteiger partial charge in [0.15, 0.2) is 0 Å². The molecule has 12 heavy (non-hydrogen) atoms. The second kappa shape index (κ2) is 5.30. The third-order valence-corrected chi connectivity index (χ3v) is 2.65. The Kier molecular flexibility index (Phi) is 5.13. The summed E-state index contributed by atoms with van der Waals surface area (Å²) in [7, 11) is -2.84. The number of Topliss-reactive ketones (excluding diaryl/α,β-unsaturated/α-hetero) is 1. The van der Waals surface area contributed by atoms with Crippen molar-refractivity contribution in [3.8, 4) is 0 Å². The van der Waals surface area contributed by atoms with Crippen LogP contribution in [0.4, 0.5) is 0 Å². The van der Waals surface area contributed by atoms with Crippen LogP contribution in [0.3, 0.4) is 0 Å². The van der Waals surface area contributed by atoms with Gasteiger partial charge in [0.1, 0.15) is 15.6 Å². The van der Waals surface area contributed by atoms with Gasteiger partial charge in [-0.25, -0.2) is 8.42 Å². The van der Waals surface area contributed by atoms with Gasteiger partial charge in [-0.15, -0.1) is 0 Å². The van der Waals surface area contributed by atoms with Crippen molar-refractivity contribution < 1.29 is 13.2 Å². The van der Waals surface area contributed by atoms with Gasteiger partial charge in [-0.3, -0.25) is 4.79 Å². The lowest BCUT2D eigenvalue weighted by Crippen LogP contribution is -2.03. The average Bonchev–Trinajstić information content (AvgIpc) is 1.96. The minimum absolute atomic E-state index is 0.198. The third kappa shape index (κ3) is 7.72. The highest BCUT2D eigenvalue weighted by Crippen LogP contribution is 2.00. The van der Waals surface area contributed by atoms with Crippen molar-refractivity contribution in [3.05, 3.63) is 0 Å². The van der Waals surface area contributed by atoms with Gasteiger partial charge < -0.3 is 0 Å². The fourth-order valence-electron chi connectivity index (χ4n) is 0.863. The van der Waals surface area contributed by atoms with Gasteiger partial charge in [0.2, 0.25) is 0 Å². The fraction of sp³-hybridized carbons (Fsp3) is 0.875. The van der Waals surface area contributed by atoms with E-state index in [1.54, 1.807) is 0 Å². The first-order valence-electron chi connectivity index (χ1n) is 4.15. The summed E-state index contributed by atoms with van der Waals surface area (Å²) in [6.07, 6.45) is 3.59. The van der Waals surface area contributed by atoms with E-state index in [1.165, 1.54) is 6.26 Å². The minimum Gasteiger partial charge on any atom is -0.300 e. The molecule has 0 atom stereocenters. The lowest BCUT2D eigenvalue weighted by atomic mass is 10.1. The van der Waals surface area contributed by atoms with Gasteiger partial charge >= 0.3 is 0 Å². The zero-order chi connectivity index (χ0) is 9.61. The highest BCUT2D eigenvalue weighted by molar-refractivity contribution is 7.90. The van der Waals surface area contributed by atoms with E-state index in [-0.39, 0.29) is 11.5 Å². The molecule has 0 unspecified atom stereocenters. The van der Waals surface area contributed by atoms with Crippen LogP contribution in [-0.4, -0.2) is 26.2 Å². The van der Waals surface area contributed by atoms with Crippen LogP contribution >= 0.6 is 0 Å². The standard InChI is InChI=1S/C8H16O3S/c1-3-8(9)6-4-5-7-12(2,10)11/h3-7H2,1-2H3. The Morgan fingerprint density at radius 3 is 2.25 bits per heavy atom. The fourth-order valence-corrected chi connectivity index (χ4v) is 1.59. The van der Waals surface area contributed by atoms with Crippen molar-refractivity contribution >= 4 is 15.6 Å². The summed E-state index contributed by atoms with van der Waals surface area (Å²) in [5, 5.41) is 0. The first-order valence-corrected chi connectivity index (χ1v) is 6.21. The number of carbonyl (C=O) groups is 1. The van der Waals surface area contributed by atoms with Crippen LogP contribution in [-0.2, 0) is 14.6 Å². The lowest BCUT2D eigenvalue weighted by molar-refractivity contribution is -0.118. The van der Waals surface area contributed by atoms with Crippen molar-refractivity contribution in [1.82, 2.24) is 0 Å². The van der Waals surface area contributed by atoms with Gasteiger partial charge in [0, 0.05) is 24.9 Å². The highest BCUT2D eigenvalue weighted by atomic mass is 32.2. The normalized spacial score (nSPS) is 11.5. The Morgan fingerprint density at radius 1 is 1.25 bits per heavy atom. The molecule has 72 valence electrons. The Bertz CT molecular complexity index is 229. The van der Waals surface area contributed by atoms with Crippen LogP contribution in [0.2, 0.25) is 0 Å². The SMILES string of the molecule is CCC(=O)CCCCS(C)(=O)=O. The average molecular weight is 192 g/mol. The molecule has 0 rings (SSSR count). The number of ketones is 1. The van der Waals surface area contributed by atoms with Crippen LogP contribution < -0.4 is 0 Å². The van der Waals surface area contributed by atoms with E-state index in [2.05, 4.69) is 0 Å². The van der Waals surface area contributed by atoms with Gasteiger partial charge in [0.25, 0.3) is 0 Å². The summed E-state index contributed by atoms with van der Waals surface area (Å²) in [6.45, 7) is 1.82. The second-order valence-electron chi connectivity index (χ2n) is 2.98. The quantitative estimate of drug-likeness (QED) is 0.594. The molecule has 0 aliphatic rings. The predicted octanol–water partition coefficient (Wildman–Crippen LogP) is 1.18. The number of sulfone groups is 1. The maximum atomic E-state index is 10.8. The molecule has 0 heterocycles. The topological polar surface area (TPSA) is 51.2 Å². The summed E-state index contributed by atoms with van der Waals surface area (Å²) in [5.74, 6) is 0.410. The second-order valence-corrected chi connectivity index (χ2v) is 5.24. The summed E-state index contributed by atoms with van der Waals surface area (Å²) in [5.41, 5.74) is 0. The Labute approximate surface area is 74.1 Å². The largest absolute Gasteiger partial charge is 0.300 e. The van der Waals surface area contributed by atoms with E-state index < -0.39 is 9.84 Å². The molecule has 0 aliphatic carbocycles. The molecular formula is C8H16O3S. The minimum atomic E-state index is -2.84. The maximum absolute atomic E-state index is 10.8. The first kappa shape index (κ1) is 11.6. The molecule has 0 amide bonds. The number of hydrogen-bond acceptors (Lipinski definition) is 3. The Hall–Kier alpha value is -0.380. The van der Waals surface area contributed by atoms with Gasteiger partial charge in [-0.05, 0) is 12.8 Å². The van der Waals surface area contributed by atoms with E-state index >= 15 is 0 Å². The molecule has 0 radical (unpaired) electrons. The molecule has 0 aromatic heterocycles. The van der Waals surface area contributed by atoms with Crippen molar-refractivity contribution in [2.45, 2.75) is 32.6 Å². The Balaban J connectivity index is 3.40. The summed E-state index contributed by atoms with van der Waals surface area (Å²) >= 11 is 0. The maximum Gasteiger partial charge on any atom is 0.147 e. The number of carbonyl (C=O) groups excluding carboxylic acids is 1. The molecule has 3 nitrogen and oxygen atoms in total. The van der Waals surface area contributed by atoms with E-state index in [0.717, 1.165) is 0 Å². The van der Waals surface area contributed by atoms with Crippen LogP contribution in [0.25, 0.3) is 0 Å². The van der Waals surface area contributed by atoms with E-state index in [1.807, 2.05) is 6.92 Å². The van der Waals surface area contributed by atoms with E-state index in [0.29, 0.717) is 25.7 Å². The van der Waals surface area contributed by atoms with E-state index in [9.17, 15) is 13.2 Å². The van der Waals surface area contributed by atoms with Gasteiger partial charge in [-0.1, -0.05) is 6.92 Å². The van der Waals surface area contributed by atoms with Crippen LogP contribution in [0.5, 0.6) is 0 Å². The van der Waals surface area contributed by atoms with Crippen LogP contribution in [0, 0.1) is 0 Å². The molecule has 0 saturated carbocycles. The van der Waals surface area contributed by atoms with Crippen molar-refractivity contribution in [2.75, 3.05) is 12.0 Å². The van der Waals surface area contributed by atoms with Gasteiger partial charge in [-0.2, -0.15) is 0 Å². The summed E-state index contributed by atoms with van der Waals surface area (Å²) < 4.78 is 21.3. The predicted molar refractivity (Wildman–Crippen MR) is 48.9 cm³/mol. The summed E-state index contributed by atoms with van der Waals surface area (Å²) in [4.78, 5) is 10.8. The molecule has 0 N–H and O–H groups in total. The molecular weight excluding hydrogens is 176 g/mol. The molecule has 0 spiro atoms. The smallest absolute Gasteiger partial charge is 0.147 e. The molecule has 0 aliphatic heterocycles. The molecule has 4 heteroatoms. The molecule has 0 saturated heterocycles. The molecule has 0 aromatic carbocycles. The van der Waals surface area contributed by atoms with Crippen molar-refractivity contribution in [3.63, 3.8) is 0 Å². The van der Waals surface area contributed by atoms with Crippen LogP contribution in [0.1, 0.15) is 32.6 Å². The Morgan fingerprint density at radius 2 is 1.83 bits per heavy atom. The van der Waals surface area contributed by atoms with Crippen molar-refractivity contribution in [1.29, 1.82) is 0 Å². The lowest BCUT2D eigenvalue weighted by Gasteiger charge is -1.97. The number of unbranched alkanes of at least 4 members (excludes halogenated alkanes) is 1. The number of hydrogen-bond donors (Lipinski definition) is 0. The summed E-state index contributed by atoms with van der Waals surface area (Å²) in [6, 6.07) is 0. The van der Waals surface area contributed by atoms with Crippen molar-refractivity contribution in [2.24, 2.45) is 0 Å². The third-order valence-electron chi connectivity index (χ3n) is 1.62. The highest BCUT2D eigenvalue weighted by Gasteiger charge is 2.02. The van der Waals surface area contributed by atoms with Gasteiger partial charge in [0.05, 0.1) is 0 Å². The molecule has 0 bridgehead atoms. The molecule has 0 aromatic rings. The van der Waals surface area contributed by atoms with E-state index in [4.69, 9.17) is 0 Å². The zero-order valence-electron chi connectivity index (χ0n) is 7.67. The van der Waals surface area contributed by atoms with Crippen LogP contribution in [0.15, 0.2) is 0 Å². The first-order chi connectivity index (χ1) is 5.45.